The van der Waals surface area contributed by atoms with E-state index in [9.17, 15) is 4.39 Å². The van der Waals surface area contributed by atoms with Gasteiger partial charge in [-0.3, -0.25) is 4.57 Å². The highest BCUT2D eigenvalue weighted by molar-refractivity contribution is 7.98. The van der Waals surface area contributed by atoms with E-state index in [1.807, 2.05) is 0 Å². The zero-order valence-corrected chi connectivity index (χ0v) is 17.3. The van der Waals surface area contributed by atoms with E-state index in [2.05, 4.69) is 50.9 Å². The Labute approximate surface area is 173 Å². The average molecular weight is 415 g/mol. The molecule has 0 radical (unpaired) electrons. The second kappa shape index (κ2) is 8.84. The molecule has 2 aromatic carbocycles. The molecule has 0 saturated carbocycles. The Morgan fingerprint density at radius 3 is 2.59 bits per heavy atom. The SMILES string of the molecule is COc1ccc(F)cc1CSc1nnc(N2CCOCC2)n1-c1ccc(C)cc1. The molecule has 29 heavy (non-hydrogen) atoms. The number of aryl methyl sites for hydroxylation is 1. The number of nitrogens with zero attached hydrogens (tertiary/aromatic N) is 4. The van der Waals surface area contributed by atoms with Crippen molar-refractivity contribution in [2.75, 3.05) is 38.3 Å². The number of morpholine rings is 1. The minimum absolute atomic E-state index is 0.282. The second-order valence-electron chi connectivity index (χ2n) is 6.80. The second-order valence-corrected chi connectivity index (χ2v) is 7.74. The largest absolute Gasteiger partial charge is 0.496 e. The maximum atomic E-state index is 13.7. The topological polar surface area (TPSA) is 52.4 Å². The lowest BCUT2D eigenvalue weighted by Crippen LogP contribution is -2.37. The van der Waals surface area contributed by atoms with Crippen molar-refractivity contribution in [3.8, 4) is 11.4 Å². The van der Waals surface area contributed by atoms with Crippen molar-refractivity contribution in [3.05, 3.63) is 59.4 Å². The number of aromatic nitrogens is 3. The smallest absolute Gasteiger partial charge is 0.232 e. The van der Waals surface area contributed by atoms with E-state index >= 15 is 0 Å². The molecule has 1 aliphatic heterocycles. The lowest BCUT2D eigenvalue weighted by atomic mass is 10.2. The van der Waals surface area contributed by atoms with Gasteiger partial charge in [-0.1, -0.05) is 29.5 Å². The van der Waals surface area contributed by atoms with Gasteiger partial charge in [0, 0.05) is 24.4 Å². The third kappa shape index (κ3) is 4.38. The predicted molar refractivity (Wildman–Crippen MR) is 112 cm³/mol. The van der Waals surface area contributed by atoms with Crippen molar-refractivity contribution in [1.82, 2.24) is 14.8 Å². The molecule has 0 N–H and O–H groups in total. The van der Waals surface area contributed by atoms with Gasteiger partial charge in [-0.25, -0.2) is 4.39 Å². The van der Waals surface area contributed by atoms with Gasteiger partial charge in [0.05, 0.1) is 26.0 Å². The predicted octanol–water partition coefficient (Wildman–Crippen LogP) is 3.85. The van der Waals surface area contributed by atoms with Crippen molar-refractivity contribution >= 4 is 17.7 Å². The molecule has 1 saturated heterocycles. The molecule has 0 amide bonds. The third-order valence-corrected chi connectivity index (χ3v) is 5.78. The molecule has 6 nitrogen and oxygen atoms in total. The molecule has 3 aromatic rings. The lowest BCUT2D eigenvalue weighted by Gasteiger charge is -2.28. The first-order valence-corrected chi connectivity index (χ1v) is 10.4. The number of benzene rings is 2. The lowest BCUT2D eigenvalue weighted by molar-refractivity contribution is 0.122. The Kier molecular flexibility index (Phi) is 6.01. The van der Waals surface area contributed by atoms with Crippen LogP contribution in [-0.4, -0.2) is 48.2 Å². The fourth-order valence-electron chi connectivity index (χ4n) is 3.25. The van der Waals surface area contributed by atoms with Gasteiger partial charge in [0.1, 0.15) is 11.6 Å². The van der Waals surface area contributed by atoms with E-state index in [-0.39, 0.29) is 5.82 Å². The van der Waals surface area contributed by atoms with Crippen LogP contribution in [0.4, 0.5) is 10.3 Å². The van der Waals surface area contributed by atoms with E-state index in [1.165, 1.54) is 29.5 Å². The molecule has 8 heteroatoms. The minimum Gasteiger partial charge on any atom is -0.496 e. The van der Waals surface area contributed by atoms with Crippen molar-refractivity contribution in [3.63, 3.8) is 0 Å². The van der Waals surface area contributed by atoms with Gasteiger partial charge in [-0.15, -0.1) is 10.2 Å². The molecule has 4 rings (SSSR count). The summed E-state index contributed by atoms with van der Waals surface area (Å²) in [5.74, 6) is 1.70. The number of methoxy groups -OCH3 is 1. The first kappa shape index (κ1) is 19.7. The molecular formula is C21H23FN4O2S. The number of rotatable bonds is 6. The van der Waals surface area contributed by atoms with Crippen LogP contribution in [0.1, 0.15) is 11.1 Å². The maximum Gasteiger partial charge on any atom is 0.232 e. The van der Waals surface area contributed by atoms with Gasteiger partial charge in [-0.2, -0.15) is 0 Å². The van der Waals surface area contributed by atoms with Crippen molar-refractivity contribution in [2.45, 2.75) is 17.8 Å². The fourth-order valence-corrected chi connectivity index (χ4v) is 4.17. The van der Waals surface area contributed by atoms with Crippen LogP contribution in [-0.2, 0) is 10.5 Å². The quantitative estimate of drug-likeness (QED) is 0.571. The van der Waals surface area contributed by atoms with E-state index in [0.717, 1.165) is 35.4 Å². The van der Waals surface area contributed by atoms with Crippen molar-refractivity contribution < 1.29 is 13.9 Å². The third-order valence-electron chi connectivity index (χ3n) is 4.80. The molecule has 0 spiro atoms. The number of hydrogen-bond acceptors (Lipinski definition) is 6. The molecule has 2 heterocycles. The number of hydrogen-bond donors (Lipinski definition) is 0. The minimum atomic E-state index is -0.282. The molecular weight excluding hydrogens is 391 g/mol. The normalized spacial score (nSPS) is 14.2. The van der Waals surface area contributed by atoms with Gasteiger partial charge in [-0.05, 0) is 37.3 Å². The van der Waals surface area contributed by atoms with E-state index in [1.54, 1.807) is 13.2 Å². The molecule has 0 bridgehead atoms. The molecule has 0 aliphatic carbocycles. The Morgan fingerprint density at radius 1 is 1.10 bits per heavy atom. The van der Waals surface area contributed by atoms with Gasteiger partial charge in [0.15, 0.2) is 5.16 Å². The number of anilines is 1. The van der Waals surface area contributed by atoms with Crippen LogP contribution in [0.3, 0.4) is 0 Å². The molecule has 0 unspecified atom stereocenters. The number of ether oxygens (including phenoxy) is 2. The number of halogens is 1. The van der Waals surface area contributed by atoms with Gasteiger partial charge in [0.2, 0.25) is 5.95 Å². The average Bonchev–Trinajstić information content (AvgIpc) is 3.17. The maximum absolute atomic E-state index is 13.7. The molecule has 1 aliphatic rings. The zero-order chi connectivity index (χ0) is 20.2. The van der Waals surface area contributed by atoms with Crippen molar-refractivity contribution in [2.24, 2.45) is 0 Å². The van der Waals surface area contributed by atoms with Gasteiger partial charge < -0.3 is 14.4 Å². The van der Waals surface area contributed by atoms with Crippen LogP contribution in [0.2, 0.25) is 0 Å². The summed E-state index contributed by atoms with van der Waals surface area (Å²) in [5, 5.41) is 9.66. The molecule has 0 atom stereocenters. The molecule has 152 valence electrons. The van der Waals surface area contributed by atoms with Crippen molar-refractivity contribution in [1.29, 1.82) is 0 Å². The van der Waals surface area contributed by atoms with Gasteiger partial charge >= 0.3 is 0 Å². The highest BCUT2D eigenvalue weighted by Gasteiger charge is 2.22. The van der Waals surface area contributed by atoms with Crippen LogP contribution < -0.4 is 9.64 Å². The van der Waals surface area contributed by atoms with Crippen LogP contribution in [0.15, 0.2) is 47.6 Å². The fraction of sp³-hybridized carbons (Fsp3) is 0.333. The highest BCUT2D eigenvalue weighted by Crippen LogP contribution is 2.32. The van der Waals surface area contributed by atoms with E-state index in [0.29, 0.717) is 24.7 Å². The Hall–Kier alpha value is -2.58. The number of thioether (sulfide) groups is 1. The standard InChI is InChI=1S/C21H23FN4O2S/c1-15-3-6-18(7-4-15)26-20(25-9-11-28-12-10-25)23-24-21(26)29-14-16-13-17(22)5-8-19(16)27-2/h3-8,13H,9-12,14H2,1-2H3. The summed E-state index contributed by atoms with van der Waals surface area (Å²) in [6.45, 7) is 4.94. The molecule has 1 aromatic heterocycles. The highest BCUT2D eigenvalue weighted by atomic mass is 32.2. The van der Waals surface area contributed by atoms with Crippen LogP contribution in [0.25, 0.3) is 5.69 Å². The summed E-state index contributed by atoms with van der Waals surface area (Å²) in [4.78, 5) is 2.18. The van der Waals surface area contributed by atoms with Gasteiger partial charge in [0.25, 0.3) is 0 Å². The Bertz CT molecular complexity index is 971. The van der Waals surface area contributed by atoms with Crippen LogP contribution in [0.5, 0.6) is 5.75 Å². The Balaban J connectivity index is 1.67. The summed E-state index contributed by atoms with van der Waals surface area (Å²) in [5.41, 5.74) is 2.97. The van der Waals surface area contributed by atoms with E-state index in [4.69, 9.17) is 9.47 Å². The summed E-state index contributed by atoms with van der Waals surface area (Å²) >= 11 is 1.51. The van der Waals surface area contributed by atoms with Crippen LogP contribution >= 0.6 is 11.8 Å². The molecule has 1 fully saturated rings. The van der Waals surface area contributed by atoms with E-state index < -0.39 is 0 Å². The summed E-state index contributed by atoms with van der Waals surface area (Å²) in [6, 6.07) is 12.8. The van der Waals surface area contributed by atoms with Crippen LogP contribution in [0, 0.1) is 12.7 Å². The first-order valence-electron chi connectivity index (χ1n) is 9.46. The zero-order valence-electron chi connectivity index (χ0n) is 16.5. The Morgan fingerprint density at radius 2 is 1.86 bits per heavy atom. The first-order chi connectivity index (χ1) is 14.2. The monoisotopic (exact) mass is 414 g/mol. The summed E-state index contributed by atoms with van der Waals surface area (Å²) in [6.07, 6.45) is 0. The summed E-state index contributed by atoms with van der Waals surface area (Å²) in [7, 11) is 1.59. The summed E-state index contributed by atoms with van der Waals surface area (Å²) < 4.78 is 26.6.